The highest BCUT2D eigenvalue weighted by Gasteiger charge is 2.13. The highest BCUT2D eigenvalue weighted by atomic mass is 79.9. The first-order valence-corrected chi connectivity index (χ1v) is 7.54. The van der Waals surface area contributed by atoms with E-state index in [-0.39, 0.29) is 0 Å². The molecule has 94 valence electrons. The first kappa shape index (κ1) is 14.3. The van der Waals surface area contributed by atoms with Crippen molar-refractivity contribution in [1.82, 2.24) is 9.97 Å². The molecule has 0 saturated heterocycles. The van der Waals surface area contributed by atoms with E-state index < -0.39 is 0 Å². The summed E-state index contributed by atoms with van der Waals surface area (Å²) >= 11 is 19.0. The smallest absolute Gasteiger partial charge is 0.162 e. The number of benzene rings is 1. The number of hydrogen-bond acceptors (Lipinski definition) is 2. The van der Waals surface area contributed by atoms with Gasteiger partial charge in [0.15, 0.2) is 5.82 Å². The molecule has 0 radical (unpaired) electrons. The summed E-state index contributed by atoms with van der Waals surface area (Å²) in [6.45, 7) is 2.01. The van der Waals surface area contributed by atoms with Gasteiger partial charge >= 0.3 is 0 Å². The minimum Gasteiger partial charge on any atom is -0.232 e. The highest BCUT2D eigenvalue weighted by molar-refractivity contribution is 9.10. The van der Waals surface area contributed by atoms with Crippen LogP contribution in [0.25, 0.3) is 11.4 Å². The maximum absolute atomic E-state index is 6.19. The molecule has 2 nitrogen and oxygen atoms in total. The average molecular weight is 411 g/mol. The monoisotopic (exact) mass is 408 g/mol. The van der Waals surface area contributed by atoms with E-state index in [1.807, 2.05) is 25.1 Å². The Morgan fingerprint density at radius 2 is 1.89 bits per heavy atom. The van der Waals surface area contributed by atoms with Crippen LogP contribution in [-0.2, 0) is 6.42 Å². The molecule has 0 aliphatic rings. The second-order valence-corrected chi connectivity index (χ2v) is 6.05. The number of rotatable bonds is 2. The summed E-state index contributed by atoms with van der Waals surface area (Å²) in [5.41, 5.74) is 1.63. The molecule has 0 saturated carbocycles. The van der Waals surface area contributed by atoms with E-state index in [1.54, 1.807) is 0 Å². The quantitative estimate of drug-likeness (QED) is 0.607. The molecule has 2 aromatic rings. The molecular weight excluding hydrogens is 403 g/mol. The van der Waals surface area contributed by atoms with Crippen LogP contribution >= 0.6 is 55.1 Å². The lowest BCUT2D eigenvalue weighted by Gasteiger charge is -2.08. The second kappa shape index (κ2) is 5.87. The third-order valence-corrected chi connectivity index (χ3v) is 4.53. The summed E-state index contributed by atoms with van der Waals surface area (Å²) in [6, 6.07) is 5.57. The maximum atomic E-state index is 6.19. The lowest BCUT2D eigenvalue weighted by atomic mass is 10.2. The van der Waals surface area contributed by atoms with Crippen molar-refractivity contribution in [3.63, 3.8) is 0 Å². The molecular formula is C12H8Br2Cl2N2. The van der Waals surface area contributed by atoms with Crippen molar-refractivity contribution in [2.24, 2.45) is 0 Å². The van der Waals surface area contributed by atoms with Crippen LogP contribution in [0.2, 0.25) is 10.2 Å². The molecule has 0 aliphatic carbocycles. The Hall–Kier alpha value is -0.160. The molecule has 0 spiro atoms. The summed E-state index contributed by atoms with van der Waals surface area (Å²) in [5, 5.41) is 0.987. The lowest BCUT2D eigenvalue weighted by molar-refractivity contribution is 0.991. The van der Waals surface area contributed by atoms with Crippen LogP contribution in [0, 0.1) is 0 Å². The first-order valence-electron chi connectivity index (χ1n) is 5.20. The fraction of sp³-hybridized carbons (Fsp3) is 0.167. The fourth-order valence-electron chi connectivity index (χ4n) is 1.49. The Morgan fingerprint density at radius 3 is 2.50 bits per heavy atom. The van der Waals surface area contributed by atoms with Crippen LogP contribution in [0.15, 0.2) is 27.1 Å². The molecule has 6 heteroatoms. The summed E-state index contributed by atoms with van der Waals surface area (Å²) < 4.78 is 1.65. The molecule has 1 aromatic heterocycles. The van der Waals surface area contributed by atoms with E-state index in [9.17, 15) is 0 Å². The lowest BCUT2D eigenvalue weighted by Crippen LogP contribution is -1.97. The van der Waals surface area contributed by atoms with Crippen molar-refractivity contribution in [2.75, 3.05) is 0 Å². The predicted molar refractivity (Wildman–Crippen MR) is 82.3 cm³/mol. The van der Waals surface area contributed by atoms with Crippen LogP contribution < -0.4 is 0 Å². The van der Waals surface area contributed by atoms with Gasteiger partial charge in [0.1, 0.15) is 5.15 Å². The third kappa shape index (κ3) is 2.87. The maximum Gasteiger partial charge on any atom is 0.162 e. The van der Waals surface area contributed by atoms with Gasteiger partial charge in [-0.2, -0.15) is 0 Å². The summed E-state index contributed by atoms with van der Waals surface area (Å²) in [4.78, 5) is 8.72. The molecule has 0 N–H and O–H groups in total. The van der Waals surface area contributed by atoms with Gasteiger partial charge in [-0.15, -0.1) is 0 Å². The fourth-order valence-corrected chi connectivity index (χ4v) is 2.89. The third-order valence-electron chi connectivity index (χ3n) is 2.39. The van der Waals surface area contributed by atoms with Crippen molar-refractivity contribution >= 4 is 55.1 Å². The zero-order valence-corrected chi connectivity index (χ0v) is 14.0. The number of halogens is 4. The van der Waals surface area contributed by atoms with Gasteiger partial charge in [-0.1, -0.05) is 46.1 Å². The Labute approximate surface area is 132 Å². The van der Waals surface area contributed by atoms with Gasteiger partial charge in [-0.05, 0) is 40.5 Å². The van der Waals surface area contributed by atoms with Crippen LogP contribution in [0.4, 0.5) is 0 Å². The molecule has 1 heterocycles. The van der Waals surface area contributed by atoms with Crippen molar-refractivity contribution in [3.8, 4) is 11.4 Å². The normalized spacial score (nSPS) is 10.7. The van der Waals surface area contributed by atoms with Gasteiger partial charge < -0.3 is 0 Å². The molecule has 0 amide bonds. The van der Waals surface area contributed by atoms with Gasteiger partial charge in [0.25, 0.3) is 0 Å². The van der Waals surface area contributed by atoms with E-state index >= 15 is 0 Å². The summed E-state index contributed by atoms with van der Waals surface area (Å²) in [7, 11) is 0. The van der Waals surface area contributed by atoms with Gasteiger partial charge in [-0.3, -0.25) is 0 Å². The zero-order valence-electron chi connectivity index (χ0n) is 9.35. The van der Waals surface area contributed by atoms with E-state index in [4.69, 9.17) is 23.2 Å². The Bertz CT molecular complexity index is 603. The zero-order chi connectivity index (χ0) is 13.3. The Morgan fingerprint density at radius 1 is 1.17 bits per heavy atom. The Kier molecular flexibility index (Phi) is 4.64. The highest BCUT2D eigenvalue weighted by Crippen LogP contribution is 2.32. The van der Waals surface area contributed by atoms with Crippen molar-refractivity contribution in [1.29, 1.82) is 0 Å². The van der Waals surface area contributed by atoms with E-state index in [1.165, 1.54) is 0 Å². The van der Waals surface area contributed by atoms with E-state index in [2.05, 4.69) is 41.8 Å². The number of nitrogens with zero attached hydrogens (tertiary/aromatic N) is 2. The largest absolute Gasteiger partial charge is 0.232 e. The van der Waals surface area contributed by atoms with Gasteiger partial charge in [0.05, 0.1) is 15.2 Å². The van der Waals surface area contributed by atoms with Crippen LogP contribution in [0.1, 0.15) is 12.6 Å². The molecule has 0 aliphatic heterocycles. The van der Waals surface area contributed by atoms with Crippen LogP contribution in [0.3, 0.4) is 0 Å². The molecule has 18 heavy (non-hydrogen) atoms. The SMILES string of the molecule is CCc1nc(-c2ccc(Br)cc2Cl)nc(Cl)c1Br. The van der Waals surface area contributed by atoms with Crippen molar-refractivity contribution in [3.05, 3.63) is 43.0 Å². The molecule has 0 atom stereocenters. The number of hydrogen-bond donors (Lipinski definition) is 0. The molecule has 1 aromatic carbocycles. The van der Waals surface area contributed by atoms with Gasteiger partial charge in [0, 0.05) is 10.0 Å². The van der Waals surface area contributed by atoms with Crippen LogP contribution in [-0.4, -0.2) is 9.97 Å². The summed E-state index contributed by atoms with van der Waals surface area (Å²) in [6.07, 6.45) is 0.768. The molecule has 0 fully saturated rings. The topological polar surface area (TPSA) is 25.8 Å². The van der Waals surface area contributed by atoms with Crippen molar-refractivity contribution in [2.45, 2.75) is 13.3 Å². The van der Waals surface area contributed by atoms with E-state index in [0.29, 0.717) is 16.0 Å². The molecule has 0 bridgehead atoms. The minimum atomic E-state index is 0.399. The van der Waals surface area contributed by atoms with Gasteiger partial charge in [-0.25, -0.2) is 9.97 Å². The number of aromatic nitrogens is 2. The summed E-state index contributed by atoms with van der Waals surface area (Å²) in [5.74, 6) is 0.539. The van der Waals surface area contributed by atoms with Gasteiger partial charge in [0.2, 0.25) is 0 Å². The van der Waals surface area contributed by atoms with E-state index in [0.717, 1.165) is 26.6 Å². The van der Waals surface area contributed by atoms with Crippen LogP contribution in [0.5, 0.6) is 0 Å². The standard InChI is InChI=1S/C12H8Br2Cl2N2/c1-2-9-10(14)11(16)18-12(17-9)7-4-3-6(13)5-8(7)15/h3-5H,2H2,1H3. The number of aryl methyl sites for hydroxylation is 1. The second-order valence-electron chi connectivity index (χ2n) is 3.58. The molecule has 2 rings (SSSR count). The average Bonchev–Trinajstić information content (AvgIpc) is 2.32. The predicted octanol–water partition coefficient (Wildman–Crippen LogP) is 5.54. The van der Waals surface area contributed by atoms with Crippen molar-refractivity contribution < 1.29 is 0 Å². The minimum absolute atomic E-state index is 0.399. The molecule has 0 unspecified atom stereocenters. The first-order chi connectivity index (χ1) is 8.52. The Balaban J connectivity index is 2.60.